The van der Waals surface area contributed by atoms with E-state index in [1.807, 2.05) is 12.3 Å². The first-order valence-electron chi connectivity index (χ1n) is 9.47. The molecule has 0 saturated heterocycles. The number of hydrogen-bond acceptors (Lipinski definition) is 8. The molecular formula is C20H23N5O4. The van der Waals surface area contributed by atoms with Crippen LogP contribution in [0.2, 0.25) is 0 Å². The lowest BCUT2D eigenvalue weighted by molar-refractivity contribution is -0.153. The molecule has 2 unspecified atom stereocenters. The molecule has 1 aliphatic rings. The van der Waals surface area contributed by atoms with Gasteiger partial charge in [-0.3, -0.25) is 4.79 Å². The molecule has 0 aromatic carbocycles. The number of carbonyl (C=O) groups is 1. The smallest absolute Gasteiger partial charge is 0.302 e. The summed E-state index contributed by atoms with van der Waals surface area (Å²) in [5.74, 6) is 1.36. The number of anilines is 1. The van der Waals surface area contributed by atoms with E-state index < -0.39 is 0 Å². The molecule has 4 rings (SSSR count). The van der Waals surface area contributed by atoms with Gasteiger partial charge in [0.25, 0.3) is 0 Å². The van der Waals surface area contributed by atoms with Gasteiger partial charge in [0.1, 0.15) is 24.0 Å². The SMILES string of the molecule is COc1c(-c2cnc(COC3CCCC3OC(C)=O)nc2)ccn2nc(N)cc12. The van der Waals surface area contributed by atoms with E-state index in [0.717, 1.165) is 35.9 Å². The van der Waals surface area contributed by atoms with Crippen LogP contribution in [-0.2, 0) is 20.9 Å². The Labute approximate surface area is 167 Å². The fourth-order valence-electron chi connectivity index (χ4n) is 3.68. The van der Waals surface area contributed by atoms with Crippen LogP contribution in [0.3, 0.4) is 0 Å². The molecule has 152 valence electrons. The van der Waals surface area contributed by atoms with E-state index in [9.17, 15) is 4.79 Å². The van der Waals surface area contributed by atoms with Gasteiger partial charge in [-0.25, -0.2) is 14.5 Å². The molecule has 9 nitrogen and oxygen atoms in total. The molecule has 0 amide bonds. The Morgan fingerprint density at radius 1 is 1.28 bits per heavy atom. The highest BCUT2D eigenvalue weighted by molar-refractivity contribution is 5.80. The molecule has 0 radical (unpaired) electrons. The summed E-state index contributed by atoms with van der Waals surface area (Å²) in [5, 5.41) is 4.19. The van der Waals surface area contributed by atoms with E-state index in [1.54, 1.807) is 30.1 Å². The molecule has 1 fully saturated rings. The summed E-state index contributed by atoms with van der Waals surface area (Å²) < 4.78 is 18.5. The first-order chi connectivity index (χ1) is 14.0. The van der Waals surface area contributed by atoms with Crippen LogP contribution in [0.5, 0.6) is 5.75 Å². The number of rotatable bonds is 6. The molecule has 3 aromatic heterocycles. The lowest BCUT2D eigenvalue weighted by Crippen LogP contribution is -2.28. The van der Waals surface area contributed by atoms with Gasteiger partial charge >= 0.3 is 5.97 Å². The standard InChI is InChI=1S/C20H23N5O4/c1-12(26)29-17-5-3-4-16(17)28-11-19-22-9-13(10-23-19)14-6-7-25-15(20(14)27-2)8-18(21)24-25/h6-10,16-17H,3-5,11H2,1-2H3,(H2,21,24). The zero-order valence-corrected chi connectivity index (χ0v) is 16.4. The highest BCUT2D eigenvalue weighted by atomic mass is 16.6. The summed E-state index contributed by atoms with van der Waals surface area (Å²) in [4.78, 5) is 20.0. The van der Waals surface area contributed by atoms with Crippen LogP contribution in [0, 0.1) is 0 Å². The van der Waals surface area contributed by atoms with Crippen molar-refractivity contribution in [2.45, 2.75) is 45.0 Å². The Kier molecular flexibility index (Phi) is 5.30. The van der Waals surface area contributed by atoms with Crippen LogP contribution in [0.15, 0.2) is 30.7 Å². The van der Waals surface area contributed by atoms with E-state index in [-0.39, 0.29) is 24.8 Å². The number of pyridine rings is 1. The first kappa shape index (κ1) is 19.1. The number of ether oxygens (including phenoxy) is 3. The lowest BCUT2D eigenvalue weighted by atomic mass is 10.1. The number of nitrogens with zero attached hydrogens (tertiary/aromatic N) is 4. The van der Waals surface area contributed by atoms with E-state index in [4.69, 9.17) is 19.9 Å². The summed E-state index contributed by atoms with van der Waals surface area (Å²) >= 11 is 0. The van der Waals surface area contributed by atoms with Crippen molar-refractivity contribution >= 4 is 17.3 Å². The molecule has 1 saturated carbocycles. The van der Waals surface area contributed by atoms with Crippen LogP contribution in [0.25, 0.3) is 16.6 Å². The highest BCUT2D eigenvalue weighted by Gasteiger charge is 2.30. The van der Waals surface area contributed by atoms with Crippen LogP contribution in [0.4, 0.5) is 5.82 Å². The van der Waals surface area contributed by atoms with Gasteiger partial charge in [-0.2, -0.15) is 5.10 Å². The fraction of sp³-hybridized carbons (Fsp3) is 0.400. The number of fused-ring (bicyclic) bond motifs is 1. The number of carbonyl (C=O) groups excluding carboxylic acids is 1. The number of aromatic nitrogens is 4. The van der Waals surface area contributed by atoms with Crippen LogP contribution in [-0.4, -0.2) is 44.9 Å². The van der Waals surface area contributed by atoms with Crippen molar-refractivity contribution in [2.75, 3.05) is 12.8 Å². The van der Waals surface area contributed by atoms with Crippen LogP contribution in [0.1, 0.15) is 32.0 Å². The monoisotopic (exact) mass is 397 g/mol. The third-order valence-electron chi connectivity index (χ3n) is 4.97. The van der Waals surface area contributed by atoms with Crippen molar-refractivity contribution in [1.82, 2.24) is 19.6 Å². The minimum Gasteiger partial charge on any atom is -0.494 e. The maximum Gasteiger partial charge on any atom is 0.302 e. The van der Waals surface area contributed by atoms with Crippen molar-refractivity contribution in [3.05, 3.63) is 36.5 Å². The van der Waals surface area contributed by atoms with Gasteiger partial charge in [0, 0.05) is 42.7 Å². The Morgan fingerprint density at radius 2 is 2.03 bits per heavy atom. The molecule has 9 heteroatoms. The number of hydrogen-bond donors (Lipinski definition) is 1. The Bertz CT molecular complexity index is 1020. The summed E-state index contributed by atoms with van der Waals surface area (Å²) in [5.41, 5.74) is 8.22. The van der Waals surface area contributed by atoms with Crippen molar-refractivity contribution in [3.8, 4) is 16.9 Å². The number of esters is 1. The second-order valence-electron chi connectivity index (χ2n) is 6.98. The maximum atomic E-state index is 11.2. The Hall–Kier alpha value is -3.20. The Morgan fingerprint density at radius 3 is 2.76 bits per heavy atom. The molecular weight excluding hydrogens is 374 g/mol. The van der Waals surface area contributed by atoms with Crippen LogP contribution >= 0.6 is 0 Å². The van der Waals surface area contributed by atoms with E-state index in [1.165, 1.54) is 6.92 Å². The summed E-state index contributed by atoms with van der Waals surface area (Å²) in [6, 6.07) is 3.64. The van der Waals surface area contributed by atoms with Crippen molar-refractivity contribution < 1.29 is 19.0 Å². The average molecular weight is 397 g/mol. The van der Waals surface area contributed by atoms with Gasteiger partial charge in [-0.05, 0) is 25.3 Å². The summed E-state index contributed by atoms with van der Waals surface area (Å²) in [6.07, 6.45) is 7.64. The van der Waals surface area contributed by atoms with Crippen molar-refractivity contribution in [2.24, 2.45) is 0 Å². The maximum absolute atomic E-state index is 11.2. The molecule has 3 heterocycles. The second kappa shape index (κ2) is 8.04. The molecule has 0 spiro atoms. The molecule has 29 heavy (non-hydrogen) atoms. The van der Waals surface area contributed by atoms with Gasteiger partial charge in [0.05, 0.1) is 13.2 Å². The minimum atomic E-state index is -0.281. The Balaban J connectivity index is 1.48. The first-order valence-corrected chi connectivity index (χ1v) is 9.47. The quantitative estimate of drug-likeness (QED) is 0.631. The predicted molar refractivity (Wildman–Crippen MR) is 105 cm³/mol. The molecule has 2 atom stereocenters. The molecule has 0 aliphatic heterocycles. The zero-order chi connectivity index (χ0) is 20.4. The molecule has 1 aliphatic carbocycles. The van der Waals surface area contributed by atoms with Crippen molar-refractivity contribution in [1.29, 1.82) is 0 Å². The molecule has 0 bridgehead atoms. The summed E-state index contributed by atoms with van der Waals surface area (Å²) in [7, 11) is 1.60. The topological polar surface area (TPSA) is 114 Å². The largest absolute Gasteiger partial charge is 0.494 e. The summed E-state index contributed by atoms with van der Waals surface area (Å²) in [6.45, 7) is 1.68. The lowest BCUT2D eigenvalue weighted by Gasteiger charge is -2.19. The van der Waals surface area contributed by atoms with E-state index in [0.29, 0.717) is 17.4 Å². The van der Waals surface area contributed by atoms with E-state index >= 15 is 0 Å². The van der Waals surface area contributed by atoms with Gasteiger partial charge in [0.2, 0.25) is 0 Å². The molecule has 3 aromatic rings. The molecule has 2 N–H and O–H groups in total. The van der Waals surface area contributed by atoms with Crippen LogP contribution < -0.4 is 10.5 Å². The van der Waals surface area contributed by atoms with Gasteiger partial charge in [0.15, 0.2) is 11.6 Å². The minimum absolute atomic E-state index is 0.114. The third kappa shape index (κ3) is 4.00. The number of methoxy groups -OCH3 is 1. The highest BCUT2D eigenvalue weighted by Crippen LogP contribution is 2.33. The second-order valence-corrected chi connectivity index (χ2v) is 6.98. The van der Waals surface area contributed by atoms with Crippen molar-refractivity contribution in [3.63, 3.8) is 0 Å². The van der Waals surface area contributed by atoms with E-state index in [2.05, 4.69) is 15.1 Å². The number of nitrogens with two attached hydrogens (primary N) is 1. The number of nitrogen functional groups attached to an aromatic ring is 1. The normalized spacial score (nSPS) is 18.8. The van der Waals surface area contributed by atoms with Gasteiger partial charge in [-0.1, -0.05) is 0 Å². The third-order valence-corrected chi connectivity index (χ3v) is 4.97. The van der Waals surface area contributed by atoms with Gasteiger partial charge < -0.3 is 19.9 Å². The predicted octanol–water partition coefficient (Wildman–Crippen LogP) is 2.38. The zero-order valence-electron chi connectivity index (χ0n) is 16.4. The average Bonchev–Trinajstić information content (AvgIpc) is 3.30. The van der Waals surface area contributed by atoms with Gasteiger partial charge in [-0.15, -0.1) is 0 Å². The fourth-order valence-corrected chi connectivity index (χ4v) is 3.68.